The highest BCUT2D eigenvalue weighted by molar-refractivity contribution is 5.01. The highest BCUT2D eigenvalue weighted by Crippen LogP contribution is 2.36. The van der Waals surface area contributed by atoms with Crippen molar-refractivity contribution in [2.45, 2.75) is 36.9 Å². The summed E-state index contributed by atoms with van der Waals surface area (Å²) in [7, 11) is 2.18. The summed E-state index contributed by atoms with van der Waals surface area (Å²) in [6.07, 6.45) is 4.94. The Morgan fingerprint density at radius 1 is 1.19 bits per heavy atom. The zero-order valence-electron chi connectivity index (χ0n) is 10.1. The molecule has 0 aromatic carbocycles. The zero-order chi connectivity index (χ0) is 11.1. The molecule has 16 heavy (non-hydrogen) atoms. The standard InChI is InChI=1S/C12H22N2O2/c1-14-6-7-15-9-11(14)8-13-12(16-10-11)4-2-3-5-12/h13H,2-10H2,1H3. The molecule has 1 unspecified atom stereocenters. The van der Waals surface area contributed by atoms with Crippen molar-refractivity contribution in [3.05, 3.63) is 0 Å². The Kier molecular flexibility index (Phi) is 2.70. The van der Waals surface area contributed by atoms with Crippen LogP contribution in [0.1, 0.15) is 25.7 Å². The summed E-state index contributed by atoms with van der Waals surface area (Å²) < 4.78 is 11.8. The van der Waals surface area contributed by atoms with Gasteiger partial charge in [0.2, 0.25) is 0 Å². The maximum absolute atomic E-state index is 6.16. The molecular weight excluding hydrogens is 204 g/mol. The summed E-state index contributed by atoms with van der Waals surface area (Å²) in [5, 5.41) is 3.64. The van der Waals surface area contributed by atoms with Gasteiger partial charge in [0.05, 0.1) is 25.4 Å². The van der Waals surface area contributed by atoms with Gasteiger partial charge in [0.15, 0.2) is 0 Å². The molecule has 1 aliphatic carbocycles. The zero-order valence-corrected chi connectivity index (χ0v) is 10.1. The summed E-state index contributed by atoms with van der Waals surface area (Å²) >= 11 is 0. The van der Waals surface area contributed by atoms with Crippen molar-refractivity contribution >= 4 is 0 Å². The van der Waals surface area contributed by atoms with E-state index in [1.807, 2.05) is 0 Å². The van der Waals surface area contributed by atoms with Crippen LogP contribution in [-0.2, 0) is 9.47 Å². The number of hydrogen-bond acceptors (Lipinski definition) is 4. The lowest BCUT2D eigenvalue weighted by Gasteiger charge is -2.51. The number of nitrogens with one attached hydrogen (secondary N) is 1. The van der Waals surface area contributed by atoms with E-state index in [0.29, 0.717) is 0 Å². The molecule has 4 nitrogen and oxygen atoms in total. The molecule has 2 spiro atoms. The summed E-state index contributed by atoms with van der Waals surface area (Å²) in [6, 6.07) is 0. The highest BCUT2D eigenvalue weighted by Gasteiger charge is 2.47. The summed E-state index contributed by atoms with van der Waals surface area (Å²) in [6.45, 7) is 4.48. The molecule has 2 saturated heterocycles. The smallest absolute Gasteiger partial charge is 0.119 e. The van der Waals surface area contributed by atoms with Crippen LogP contribution in [0, 0.1) is 0 Å². The summed E-state index contributed by atoms with van der Waals surface area (Å²) in [5.41, 5.74) is 0.0790. The van der Waals surface area contributed by atoms with Crippen LogP contribution in [-0.4, -0.2) is 56.1 Å². The molecule has 0 aromatic heterocycles. The van der Waals surface area contributed by atoms with E-state index in [2.05, 4.69) is 17.3 Å². The van der Waals surface area contributed by atoms with E-state index in [4.69, 9.17) is 9.47 Å². The van der Waals surface area contributed by atoms with Gasteiger partial charge in [0, 0.05) is 13.1 Å². The summed E-state index contributed by atoms with van der Waals surface area (Å²) in [4.78, 5) is 2.39. The Morgan fingerprint density at radius 3 is 2.62 bits per heavy atom. The molecule has 1 N–H and O–H groups in total. The van der Waals surface area contributed by atoms with Gasteiger partial charge in [-0.1, -0.05) is 0 Å². The molecule has 0 amide bonds. The van der Waals surface area contributed by atoms with E-state index in [0.717, 1.165) is 32.9 Å². The first kappa shape index (κ1) is 11.0. The molecule has 0 bridgehead atoms. The molecule has 0 aromatic rings. The molecule has 2 aliphatic heterocycles. The van der Waals surface area contributed by atoms with Crippen LogP contribution in [0.2, 0.25) is 0 Å². The van der Waals surface area contributed by atoms with Gasteiger partial charge >= 0.3 is 0 Å². The van der Waals surface area contributed by atoms with Crippen molar-refractivity contribution in [1.82, 2.24) is 10.2 Å². The fourth-order valence-corrected chi connectivity index (χ4v) is 3.12. The van der Waals surface area contributed by atoms with E-state index < -0.39 is 0 Å². The van der Waals surface area contributed by atoms with E-state index in [-0.39, 0.29) is 11.3 Å². The number of rotatable bonds is 0. The third-order valence-corrected chi connectivity index (χ3v) is 4.52. The predicted molar refractivity (Wildman–Crippen MR) is 61.3 cm³/mol. The maximum atomic E-state index is 6.16. The molecule has 0 radical (unpaired) electrons. The van der Waals surface area contributed by atoms with Crippen molar-refractivity contribution in [3.63, 3.8) is 0 Å². The molecule has 3 fully saturated rings. The maximum Gasteiger partial charge on any atom is 0.119 e. The Labute approximate surface area is 97.3 Å². The second kappa shape index (κ2) is 3.95. The Bertz CT molecular complexity index is 254. The van der Waals surface area contributed by atoms with Crippen LogP contribution in [0.15, 0.2) is 0 Å². The third kappa shape index (κ3) is 1.68. The van der Waals surface area contributed by atoms with Crippen LogP contribution in [0.5, 0.6) is 0 Å². The highest BCUT2D eigenvalue weighted by atomic mass is 16.5. The van der Waals surface area contributed by atoms with Crippen molar-refractivity contribution in [1.29, 1.82) is 0 Å². The lowest BCUT2D eigenvalue weighted by atomic mass is 9.94. The van der Waals surface area contributed by atoms with E-state index in [1.165, 1.54) is 25.7 Å². The van der Waals surface area contributed by atoms with Crippen LogP contribution in [0.25, 0.3) is 0 Å². The third-order valence-electron chi connectivity index (χ3n) is 4.52. The van der Waals surface area contributed by atoms with Gasteiger partial charge in [-0.15, -0.1) is 0 Å². The lowest BCUT2D eigenvalue weighted by molar-refractivity contribution is -0.181. The van der Waals surface area contributed by atoms with Crippen LogP contribution >= 0.6 is 0 Å². The molecule has 4 heteroatoms. The fraction of sp³-hybridized carbons (Fsp3) is 1.00. The van der Waals surface area contributed by atoms with Gasteiger partial charge in [-0.3, -0.25) is 10.2 Å². The molecular formula is C12H22N2O2. The van der Waals surface area contributed by atoms with Crippen molar-refractivity contribution in [2.75, 3.05) is 40.0 Å². The number of likely N-dealkylation sites (N-methyl/N-ethyl adjacent to an activating group) is 1. The molecule has 92 valence electrons. The van der Waals surface area contributed by atoms with Gasteiger partial charge < -0.3 is 9.47 Å². The first-order valence-corrected chi connectivity index (χ1v) is 6.43. The normalized spacial score (nSPS) is 39.6. The SMILES string of the molecule is CN1CCOCC12CNC1(CCCC1)OC2. The molecule has 1 atom stereocenters. The lowest BCUT2D eigenvalue weighted by Crippen LogP contribution is -2.70. The molecule has 3 aliphatic rings. The van der Waals surface area contributed by atoms with Crippen LogP contribution in [0.3, 0.4) is 0 Å². The average molecular weight is 226 g/mol. The van der Waals surface area contributed by atoms with Crippen molar-refractivity contribution in [3.8, 4) is 0 Å². The second-order valence-electron chi connectivity index (χ2n) is 5.54. The van der Waals surface area contributed by atoms with Gasteiger partial charge in [0.1, 0.15) is 5.72 Å². The van der Waals surface area contributed by atoms with E-state index >= 15 is 0 Å². The van der Waals surface area contributed by atoms with Gasteiger partial charge in [-0.25, -0.2) is 0 Å². The minimum absolute atomic E-state index is 0.00351. The average Bonchev–Trinajstić information content (AvgIpc) is 2.76. The van der Waals surface area contributed by atoms with Gasteiger partial charge in [-0.05, 0) is 32.7 Å². The van der Waals surface area contributed by atoms with Crippen LogP contribution in [0.4, 0.5) is 0 Å². The number of hydrogen-bond donors (Lipinski definition) is 1. The Hall–Kier alpha value is -0.160. The van der Waals surface area contributed by atoms with Crippen LogP contribution < -0.4 is 5.32 Å². The minimum Gasteiger partial charge on any atom is -0.378 e. The fourth-order valence-electron chi connectivity index (χ4n) is 3.12. The van der Waals surface area contributed by atoms with Crippen molar-refractivity contribution in [2.24, 2.45) is 0 Å². The van der Waals surface area contributed by atoms with E-state index in [9.17, 15) is 0 Å². The molecule has 2 heterocycles. The largest absolute Gasteiger partial charge is 0.378 e. The number of ether oxygens (including phenoxy) is 2. The quantitative estimate of drug-likeness (QED) is 0.655. The van der Waals surface area contributed by atoms with Crippen molar-refractivity contribution < 1.29 is 9.47 Å². The molecule has 1 saturated carbocycles. The minimum atomic E-state index is 0.00351. The second-order valence-corrected chi connectivity index (χ2v) is 5.54. The number of nitrogens with zero attached hydrogens (tertiary/aromatic N) is 1. The monoisotopic (exact) mass is 226 g/mol. The first-order chi connectivity index (χ1) is 7.75. The Balaban J connectivity index is 1.68. The topological polar surface area (TPSA) is 33.7 Å². The van der Waals surface area contributed by atoms with Gasteiger partial charge in [-0.2, -0.15) is 0 Å². The van der Waals surface area contributed by atoms with E-state index in [1.54, 1.807) is 0 Å². The number of morpholine rings is 1. The Morgan fingerprint density at radius 2 is 2.00 bits per heavy atom. The predicted octanol–water partition coefficient (Wildman–Crippen LogP) is 0.577. The first-order valence-electron chi connectivity index (χ1n) is 6.43. The molecule has 3 rings (SSSR count). The van der Waals surface area contributed by atoms with Gasteiger partial charge in [0.25, 0.3) is 0 Å². The summed E-state index contributed by atoms with van der Waals surface area (Å²) in [5.74, 6) is 0.